The molecule has 0 radical (unpaired) electrons. The van der Waals surface area contributed by atoms with E-state index in [4.69, 9.17) is 4.74 Å². The Morgan fingerprint density at radius 1 is 1.23 bits per heavy atom. The Hall–Kier alpha value is -2.29. The standard InChI is InChI=1S/C18H20FN3O3S/c19-14-2-1-3-15(10-14)21-18(24)17(23)20-11-16(13-4-9-26-12-13)22-5-7-25-8-6-22/h1-4,9-10,12,16H,5-8,11H2,(H,20,23)(H,21,24). The molecule has 2 aromatic rings. The fourth-order valence-corrected chi connectivity index (χ4v) is 3.54. The highest BCUT2D eigenvalue weighted by atomic mass is 32.1. The first-order chi connectivity index (χ1) is 12.6. The summed E-state index contributed by atoms with van der Waals surface area (Å²) in [6.07, 6.45) is 0. The number of hydrogen-bond donors (Lipinski definition) is 2. The SMILES string of the molecule is O=C(NCC(c1ccsc1)N1CCOCC1)C(=O)Nc1cccc(F)c1. The second-order valence-corrected chi connectivity index (χ2v) is 6.68. The minimum Gasteiger partial charge on any atom is -0.379 e. The van der Waals surface area contributed by atoms with Crippen molar-refractivity contribution in [2.45, 2.75) is 6.04 Å². The number of nitrogens with one attached hydrogen (secondary N) is 2. The van der Waals surface area contributed by atoms with Crippen LogP contribution in [-0.2, 0) is 14.3 Å². The Kier molecular flexibility index (Phi) is 6.32. The van der Waals surface area contributed by atoms with Crippen LogP contribution in [0.2, 0.25) is 0 Å². The normalized spacial score (nSPS) is 16.0. The van der Waals surface area contributed by atoms with Crippen molar-refractivity contribution < 1.29 is 18.7 Å². The molecule has 0 bridgehead atoms. The summed E-state index contributed by atoms with van der Waals surface area (Å²) in [5.41, 5.74) is 1.34. The van der Waals surface area contributed by atoms with Crippen LogP contribution in [0.25, 0.3) is 0 Å². The van der Waals surface area contributed by atoms with E-state index in [1.807, 2.05) is 16.8 Å². The molecular weight excluding hydrogens is 357 g/mol. The predicted molar refractivity (Wildman–Crippen MR) is 97.5 cm³/mol. The molecule has 1 aromatic carbocycles. The maximum Gasteiger partial charge on any atom is 0.313 e. The third-order valence-electron chi connectivity index (χ3n) is 4.16. The van der Waals surface area contributed by atoms with Crippen LogP contribution < -0.4 is 10.6 Å². The van der Waals surface area contributed by atoms with Gasteiger partial charge in [-0.2, -0.15) is 11.3 Å². The molecule has 1 aliphatic rings. The molecule has 1 saturated heterocycles. The number of halogens is 1. The number of hydrogen-bond acceptors (Lipinski definition) is 5. The van der Waals surface area contributed by atoms with Crippen LogP contribution in [0.1, 0.15) is 11.6 Å². The van der Waals surface area contributed by atoms with Gasteiger partial charge in [0.25, 0.3) is 0 Å². The molecule has 0 saturated carbocycles. The number of anilines is 1. The van der Waals surface area contributed by atoms with Crippen LogP contribution in [0.15, 0.2) is 41.1 Å². The summed E-state index contributed by atoms with van der Waals surface area (Å²) in [7, 11) is 0. The minimum atomic E-state index is -0.818. The number of ether oxygens (including phenoxy) is 1. The second-order valence-electron chi connectivity index (χ2n) is 5.90. The molecule has 8 heteroatoms. The number of rotatable bonds is 5. The molecule has 3 rings (SSSR count). The first-order valence-electron chi connectivity index (χ1n) is 8.32. The summed E-state index contributed by atoms with van der Waals surface area (Å²) in [4.78, 5) is 26.4. The molecule has 1 aliphatic heterocycles. The van der Waals surface area contributed by atoms with Crippen molar-refractivity contribution in [3.05, 3.63) is 52.5 Å². The van der Waals surface area contributed by atoms with E-state index in [2.05, 4.69) is 15.5 Å². The van der Waals surface area contributed by atoms with Crippen molar-refractivity contribution in [2.75, 3.05) is 38.2 Å². The largest absolute Gasteiger partial charge is 0.379 e. The number of amides is 2. The van der Waals surface area contributed by atoms with Crippen molar-refractivity contribution in [3.63, 3.8) is 0 Å². The Labute approximate surface area is 155 Å². The number of morpholine rings is 1. The van der Waals surface area contributed by atoms with Gasteiger partial charge in [0, 0.05) is 25.3 Å². The van der Waals surface area contributed by atoms with E-state index in [-0.39, 0.29) is 11.7 Å². The average Bonchev–Trinajstić information content (AvgIpc) is 3.17. The molecule has 2 N–H and O–H groups in total. The van der Waals surface area contributed by atoms with E-state index < -0.39 is 17.6 Å². The van der Waals surface area contributed by atoms with E-state index >= 15 is 0 Å². The van der Waals surface area contributed by atoms with Gasteiger partial charge in [0.1, 0.15) is 5.82 Å². The van der Waals surface area contributed by atoms with Gasteiger partial charge in [-0.25, -0.2) is 4.39 Å². The lowest BCUT2D eigenvalue weighted by atomic mass is 10.1. The number of carbonyl (C=O) groups excluding carboxylic acids is 2. The zero-order valence-electron chi connectivity index (χ0n) is 14.1. The topological polar surface area (TPSA) is 70.7 Å². The van der Waals surface area contributed by atoms with Crippen molar-refractivity contribution in [1.82, 2.24) is 10.2 Å². The zero-order valence-corrected chi connectivity index (χ0v) is 14.9. The van der Waals surface area contributed by atoms with Gasteiger partial charge >= 0.3 is 11.8 Å². The molecule has 1 aromatic heterocycles. The molecule has 138 valence electrons. The Bertz CT molecular complexity index is 748. The summed E-state index contributed by atoms with van der Waals surface area (Å²) >= 11 is 1.59. The maximum absolute atomic E-state index is 13.2. The van der Waals surface area contributed by atoms with Gasteiger partial charge in [-0.1, -0.05) is 6.07 Å². The predicted octanol–water partition coefficient (Wildman–Crippen LogP) is 2.02. The van der Waals surface area contributed by atoms with Crippen LogP contribution >= 0.6 is 11.3 Å². The van der Waals surface area contributed by atoms with E-state index in [9.17, 15) is 14.0 Å². The molecule has 2 heterocycles. The van der Waals surface area contributed by atoms with Gasteiger partial charge in [-0.05, 0) is 40.6 Å². The Morgan fingerprint density at radius 2 is 2.04 bits per heavy atom. The van der Waals surface area contributed by atoms with Gasteiger partial charge < -0.3 is 15.4 Å². The number of benzene rings is 1. The Morgan fingerprint density at radius 3 is 2.73 bits per heavy atom. The fraction of sp³-hybridized carbons (Fsp3) is 0.333. The molecule has 1 fully saturated rings. The maximum atomic E-state index is 13.2. The summed E-state index contributed by atoms with van der Waals surface area (Å²) in [5.74, 6) is -2.04. The van der Waals surface area contributed by atoms with Gasteiger partial charge in [-0.15, -0.1) is 0 Å². The van der Waals surface area contributed by atoms with Crippen molar-refractivity contribution in [3.8, 4) is 0 Å². The fourth-order valence-electron chi connectivity index (χ4n) is 2.84. The van der Waals surface area contributed by atoms with Gasteiger partial charge in [0.05, 0.1) is 19.3 Å². The van der Waals surface area contributed by atoms with E-state index in [0.29, 0.717) is 19.8 Å². The molecule has 1 unspecified atom stereocenters. The summed E-state index contributed by atoms with van der Waals surface area (Å²) in [5, 5.41) is 9.11. The first-order valence-corrected chi connectivity index (χ1v) is 9.26. The minimum absolute atomic E-state index is 0.0175. The highest BCUT2D eigenvalue weighted by Crippen LogP contribution is 2.23. The van der Waals surface area contributed by atoms with Gasteiger partial charge in [-0.3, -0.25) is 14.5 Å². The molecular formula is C18H20FN3O3S. The van der Waals surface area contributed by atoms with E-state index in [1.165, 1.54) is 18.2 Å². The summed E-state index contributed by atoms with van der Waals surface area (Å²) in [6, 6.07) is 7.42. The first kappa shape index (κ1) is 18.5. The molecule has 0 spiro atoms. The number of carbonyl (C=O) groups is 2. The van der Waals surface area contributed by atoms with Gasteiger partial charge in [0.2, 0.25) is 0 Å². The quantitative estimate of drug-likeness (QED) is 0.782. The van der Waals surface area contributed by atoms with Crippen LogP contribution in [0.3, 0.4) is 0 Å². The molecule has 2 amide bonds. The molecule has 1 atom stereocenters. The highest BCUT2D eigenvalue weighted by Gasteiger charge is 2.24. The third-order valence-corrected chi connectivity index (χ3v) is 4.86. The summed E-state index contributed by atoms with van der Waals surface area (Å²) < 4.78 is 18.6. The van der Waals surface area contributed by atoms with Crippen LogP contribution in [0.4, 0.5) is 10.1 Å². The second kappa shape index (κ2) is 8.88. The van der Waals surface area contributed by atoms with Crippen LogP contribution in [-0.4, -0.2) is 49.6 Å². The van der Waals surface area contributed by atoms with Crippen molar-refractivity contribution in [1.29, 1.82) is 0 Å². The molecule has 26 heavy (non-hydrogen) atoms. The van der Waals surface area contributed by atoms with Crippen LogP contribution in [0, 0.1) is 5.82 Å². The van der Waals surface area contributed by atoms with Crippen molar-refractivity contribution >= 4 is 28.8 Å². The smallest absolute Gasteiger partial charge is 0.313 e. The zero-order chi connectivity index (χ0) is 18.4. The molecule has 0 aliphatic carbocycles. The van der Waals surface area contributed by atoms with Crippen molar-refractivity contribution in [2.24, 2.45) is 0 Å². The Balaban J connectivity index is 1.59. The lowest BCUT2D eigenvalue weighted by Gasteiger charge is -2.34. The van der Waals surface area contributed by atoms with Crippen LogP contribution in [0.5, 0.6) is 0 Å². The number of thiophene rings is 1. The average molecular weight is 377 g/mol. The third kappa shape index (κ3) is 4.87. The monoisotopic (exact) mass is 377 g/mol. The lowest BCUT2D eigenvalue weighted by Crippen LogP contribution is -2.45. The van der Waals surface area contributed by atoms with E-state index in [0.717, 1.165) is 24.7 Å². The van der Waals surface area contributed by atoms with E-state index in [1.54, 1.807) is 11.3 Å². The number of nitrogens with zero attached hydrogens (tertiary/aromatic N) is 1. The summed E-state index contributed by atoms with van der Waals surface area (Å²) in [6.45, 7) is 3.15. The lowest BCUT2D eigenvalue weighted by molar-refractivity contribution is -0.136. The highest BCUT2D eigenvalue weighted by molar-refractivity contribution is 7.08. The molecule has 6 nitrogen and oxygen atoms in total. The van der Waals surface area contributed by atoms with Gasteiger partial charge in [0.15, 0.2) is 0 Å².